The molecule has 1 saturated heterocycles. The fourth-order valence-corrected chi connectivity index (χ4v) is 5.39. The van der Waals surface area contributed by atoms with Crippen molar-refractivity contribution in [3.63, 3.8) is 0 Å². The van der Waals surface area contributed by atoms with Gasteiger partial charge in [-0.25, -0.2) is 4.99 Å². The van der Waals surface area contributed by atoms with Crippen molar-refractivity contribution in [3.8, 4) is 11.5 Å². The first-order chi connectivity index (χ1) is 18.5. The number of hydrogen-bond donors (Lipinski definition) is 0. The Kier molecular flexibility index (Phi) is 10.5. The second kappa shape index (κ2) is 14.0. The van der Waals surface area contributed by atoms with Crippen LogP contribution in [0.2, 0.25) is 5.02 Å². The number of aliphatic imine (C=N–C) groups is 1. The lowest BCUT2D eigenvalue weighted by atomic mass is 10.1. The van der Waals surface area contributed by atoms with Gasteiger partial charge in [0.1, 0.15) is 6.61 Å². The van der Waals surface area contributed by atoms with E-state index in [1.54, 1.807) is 18.1 Å². The SMILES string of the molecule is CCOc1cc(/C=C2\SC(=Nc3ccccc3)N(CCCOC)C2=O)cc(Cl)c1OCc1ccc(I)cc1. The van der Waals surface area contributed by atoms with Crippen LogP contribution in [0.3, 0.4) is 0 Å². The van der Waals surface area contributed by atoms with Gasteiger partial charge in [0, 0.05) is 23.8 Å². The minimum absolute atomic E-state index is 0.103. The van der Waals surface area contributed by atoms with Gasteiger partial charge in [0.2, 0.25) is 0 Å². The fourth-order valence-electron chi connectivity index (χ4n) is 3.73. The highest BCUT2D eigenvalue weighted by Gasteiger charge is 2.33. The molecule has 6 nitrogen and oxygen atoms in total. The normalized spacial score (nSPS) is 15.5. The number of para-hydroxylation sites is 1. The number of thioether (sulfide) groups is 1. The molecule has 3 aromatic rings. The lowest BCUT2D eigenvalue weighted by Crippen LogP contribution is -2.30. The molecule has 0 saturated carbocycles. The van der Waals surface area contributed by atoms with Crippen molar-refractivity contribution in [2.24, 2.45) is 4.99 Å². The Morgan fingerprint density at radius 3 is 2.55 bits per heavy atom. The van der Waals surface area contributed by atoms with Crippen molar-refractivity contribution >= 4 is 68.8 Å². The number of carbonyl (C=O) groups excluding carboxylic acids is 1. The molecule has 0 radical (unpaired) electrons. The van der Waals surface area contributed by atoms with Crippen LogP contribution in [0.25, 0.3) is 6.08 Å². The molecule has 0 aliphatic carbocycles. The summed E-state index contributed by atoms with van der Waals surface area (Å²) in [7, 11) is 1.65. The molecule has 4 rings (SSSR count). The van der Waals surface area contributed by atoms with Gasteiger partial charge in [0.05, 0.1) is 22.2 Å². The van der Waals surface area contributed by atoms with Gasteiger partial charge < -0.3 is 14.2 Å². The van der Waals surface area contributed by atoms with E-state index < -0.39 is 0 Å². The topological polar surface area (TPSA) is 60.4 Å². The van der Waals surface area contributed by atoms with E-state index in [9.17, 15) is 4.79 Å². The highest BCUT2D eigenvalue weighted by molar-refractivity contribution is 14.1. The van der Waals surface area contributed by atoms with Gasteiger partial charge >= 0.3 is 0 Å². The molecule has 0 bridgehead atoms. The smallest absolute Gasteiger partial charge is 0.266 e. The van der Waals surface area contributed by atoms with Crippen LogP contribution in [0.5, 0.6) is 11.5 Å². The highest BCUT2D eigenvalue weighted by Crippen LogP contribution is 2.40. The van der Waals surface area contributed by atoms with Crippen LogP contribution in [0.1, 0.15) is 24.5 Å². The van der Waals surface area contributed by atoms with Crippen molar-refractivity contribution in [2.45, 2.75) is 20.0 Å². The molecule has 1 amide bonds. The van der Waals surface area contributed by atoms with Gasteiger partial charge in [-0.15, -0.1) is 0 Å². The van der Waals surface area contributed by atoms with Crippen molar-refractivity contribution in [2.75, 3.05) is 26.9 Å². The molecular formula is C29H28ClIN2O4S. The van der Waals surface area contributed by atoms with Crippen LogP contribution in [0.15, 0.2) is 76.6 Å². The van der Waals surface area contributed by atoms with Crippen LogP contribution < -0.4 is 9.47 Å². The number of ether oxygens (including phenoxy) is 3. The van der Waals surface area contributed by atoms with E-state index in [2.05, 4.69) is 22.6 Å². The Labute approximate surface area is 246 Å². The quantitative estimate of drug-likeness (QED) is 0.121. The van der Waals surface area contributed by atoms with Gasteiger partial charge in [-0.05, 0) is 101 Å². The molecule has 1 fully saturated rings. The summed E-state index contributed by atoms with van der Waals surface area (Å²) in [6.45, 7) is 3.79. The number of amides is 1. The standard InChI is InChI=1S/C29H28ClIN2O4S/c1-3-36-25-17-21(16-24(30)27(25)37-19-20-10-12-22(31)13-11-20)18-26-28(34)33(14-7-15-35-2)29(38-26)32-23-8-5-4-6-9-23/h4-6,8-13,16-18H,3,7,14-15,19H2,1-2H3/b26-18-,32-29?. The minimum atomic E-state index is -0.103. The highest BCUT2D eigenvalue weighted by atomic mass is 127. The molecule has 38 heavy (non-hydrogen) atoms. The largest absolute Gasteiger partial charge is 0.490 e. The summed E-state index contributed by atoms with van der Waals surface area (Å²) >= 11 is 10.3. The second-order valence-electron chi connectivity index (χ2n) is 8.32. The lowest BCUT2D eigenvalue weighted by Gasteiger charge is -2.15. The third-order valence-electron chi connectivity index (χ3n) is 5.53. The monoisotopic (exact) mass is 662 g/mol. The maximum atomic E-state index is 13.4. The number of nitrogens with zero attached hydrogens (tertiary/aromatic N) is 2. The van der Waals surface area contributed by atoms with E-state index in [1.165, 1.54) is 11.8 Å². The van der Waals surface area contributed by atoms with Crippen molar-refractivity contribution in [3.05, 3.63) is 91.4 Å². The fraction of sp³-hybridized carbons (Fsp3) is 0.241. The number of carbonyl (C=O) groups is 1. The average Bonchev–Trinajstić information content (AvgIpc) is 3.19. The van der Waals surface area contributed by atoms with Crippen LogP contribution in [-0.2, 0) is 16.1 Å². The van der Waals surface area contributed by atoms with E-state index in [-0.39, 0.29) is 5.91 Å². The zero-order chi connectivity index (χ0) is 26.9. The number of benzene rings is 3. The molecule has 9 heteroatoms. The molecule has 3 aromatic carbocycles. The Bertz CT molecular complexity index is 1320. The van der Waals surface area contributed by atoms with Crippen molar-refractivity contribution in [1.29, 1.82) is 0 Å². The van der Waals surface area contributed by atoms with Gasteiger partial charge in [-0.2, -0.15) is 0 Å². The molecule has 1 aliphatic heterocycles. The third-order valence-corrected chi connectivity index (χ3v) is 7.53. The first-order valence-corrected chi connectivity index (χ1v) is 14.4. The molecule has 0 spiro atoms. The molecular weight excluding hydrogens is 635 g/mol. The summed E-state index contributed by atoms with van der Waals surface area (Å²) in [5.41, 5.74) is 2.56. The molecule has 0 unspecified atom stereocenters. The number of methoxy groups -OCH3 is 1. The molecule has 1 aliphatic rings. The maximum Gasteiger partial charge on any atom is 0.266 e. The van der Waals surface area contributed by atoms with Crippen LogP contribution in [0.4, 0.5) is 5.69 Å². The average molecular weight is 663 g/mol. The number of rotatable bonds is 11. The van der Waals surface area contributed by atoms with Crippen LogP contribution >= 0.6 is 46.0 Å². The summed E-state index contributed by atoms with van der Waals surface area (Å²) < 4.78 is 18.3. The van der Waals surface area contributed by atoms with E-state index in [0.717, 1.165) is 20.4 Å². The summed E-state index contributed by atoms with van der Waals surface area (Å²) in [6.07, 6.45) is 2.53. The molecule has 198 valence electrons. The van der Waals surface area contributed by atoms with Crippen LogP contribution in [-0.4, -0.2) is 42.8 Å². The van der Waals surface area contributed by atoms with Crippen molar-refractivity contribution < 1.29 is 19.0 Å². The first kappa shape index (κ1) is 28.5. The minimum Gasteiger partial charge on any atom is -0.490 e. The summed E-state index contributed by atoms with van der Waals surface area (Å²) in [6, 6.07) is 21.3. The Morgan fingerprint density at radius 2 is 1.84 bits per heavy atom. The molecule has 0 N–H and O–H groups in total. The van der Waals surface area contributed by atoms with Crippen molar-refractivity contribution in [1.82, 2.24) is 4.90 Å². The van der Waals surface area contributed by atoms with Gasteiger partial charge in [-0.3, -0.25) is 9.69 Å². The Morgan fingerprint density at radius 1 is 1.08 bits per heavy atom. The zero-order valence-electron chi connectivity index (χ0n) is 21.2. The zero-order valence-corrected chi connectivity index (χ0v) is 24.9. The summed E-state index contributed by atoms with van der Waals surface area (Å²) in [5, 5.41) is 1.05. The number of amidine groups is 1. The number of halogens is 2. The molecule has 0 atom stereocenters. The van der Waals surface area contributed by atoms with Gasteiger partial charge in [-0.1, -0.05) is 41.9 Å². The van der Waals surface area contributed by atoms with E-state index in [1.807, 2.05) is 73.7 Å². The first-order valence-electron chi connectivity index (χ1n) is 12.2. The maximum absolute atomic E-state index is 13.4. The van der Waals surface area contributed by atoms with E-state index in [0.29, 0.717) is 59.4 Å². The second-order valence-corrected chi connectivity index (χ2v) is 11.0. The van der Waals surface area contributed by atoms with Gasteiger partial charge in [0.25, 0.3) is 5.91 Å². The predicted octanol–water partition coefficient (Wildman–Crippen LogP) is 7.56. The number of hydrogen-bond acceptors (Lipinski definition) is 6. The molecule has 0 aromatic heterocycles. The predicted molar refractivity (Wildman–Crippen MR) is 163 cm³/mol. The van der Waals surface area contributed by atoms with Crippen LogP contribution in [0, 0.1) is 3.57 Å². The lowest BCUT2D eigenvalue weighted by molar-refractivity contribution is -0.122. The van der Waals surface area contributed by atoms with Gasteiger partial charge in [0.15, 0.2) is 16.7 Å². The Balaban J connectivity index is 1.60. The summed E-state index contributed by atoms with van der Waals surface area (Å²) in [4.78, 5) is 20.4. The Hall–Kier alpha value is -2.53. The molecule has 1 heterocycles. The summed E-state index contributed by atoms with van der Waals surface area (Å²) in [5.74, 6) is 0.906. The van der Waals surface area contributed by atoms with E-state index >= 15 is 0 Å². The third kappa shape index (κ3) is 7.53. The van der Waals surface area contributed by atoms with E-state index in [4.69, 9.17) is 30.8 Å².